The normalized spacial score (nSPS) is 29.8. The van der Waals surface area contributed by atoms with Crippen molar-refractivity contribution in [1.82, 2.24) is 10.2 Å². The maximum absolute atomic E-state index is 12.8. The quantitative estimate of drug-likeness (QED) is 0.371. The van der Waals surface area contributed by atoms with Crippen LogP contribution in [-0.2, 0) is 9.53 Å². The fourth-order valence-corrected chi connectivity index (χ4v) is 4.10. The van der Waals surface area contributed by atoms with E-state index in [9.17, 15) is 25.4 Å². The Morgan fingerprint density at radius 1 is 1.16 bits per heavy atom. The first-order valence-electron chi connectivity index (χ1n) is 10.9. The Balaban J connectivity index is 1.74. The molecule has 9 nitrogen and oxygen atoms in total. The van der Waals surface area contributed by atoms with Crippen molar-refractivity contribution in [2.45, 2.75) is 50.9 Å². The summed E-state index contributed by atoms with van der Waals surface area (Å²) in [4.78, 5) is 17.4. The Kier molecular flexibility index (Phi) is 7.87. The minimum absolute atomic E-state index is 0.135. The number of hydrogen-bond acceptors (Lipinski definition) is 8. The zero-order valence-electron chi connectivity index (χ0n) is 18.7. The molecule has 2 aliphatic heterocycles. The number of nitriles is 1. The van der Waals surface area contributed by atoms with Gasteiger partial charge in [-0.2, -0.15) is 5.26 Å². The summed E-state index contributed by atoms with van der Waals surface area (Å²) in [5, 5.41) is 42.7. The van der Waals surface area contributed by atoms with E-state index in [0.717, 1.165) is 37.4 Å². The van der Waals surface area contributed by atoms with Crippen molar-refractivity contribution in [3.05, 3.63) is 35.4 Å². The molecule has 1 aromatic carbocycles. The molecular formula is C23H32N4O5. The van der Waals surface area contributed by atoms with Crippen molar-refractivity contribution >= 4 is 17.2 Å². The number of aliphatic hydroxyl groups is 3. The molecule has 1 amide bonds. The van der Waals surface area contributed by atoms with E-state index < -0.39 is 36.6 Å². The van der Waals surface area contributed by atoms with E-state index in [4.69, 9.17) is 4.74 Å². The van der Waals surface area contributed by atoms with Crippen molar-refractivity contribution in [3.63, 3.8) is 0 Å². The summed E-state index contributed by atoms with van der Waals surface area (Å²) in [6.45, 7) is 7.30. The van der Waals surface area contributed by atoms with E-state index in [0.29, 0.717) is 12.0 Å². The highest BCUT2D eigenvalue weighted by Crippen LogP contribution is 2.25. The van der Waals surface area contributed by atoms with Gasteiger partial charge in [-0.05, 0) is 43.7 Å². The lowest BCUT2D eigenvalue weighted by Crippen LogP contribution is -2.63. The highest BCUT2D eigenvalue weighted by Gasteiger charge is 2.44. The number of carbonyl (C=O) groups is 1. The first kappa shape index (κ1) is 24.2. The minimum atomic E-state index is -1.49. The van der Waals surface area contributed by atoms with Crippen molar-refractivity contribution in [2.75, 3.05) is 38.1 Å². The van der Waals surface area contributed by atoms with Crippen LogP contribution in [0.1, 0.15) is 25.8 Å². The van der Waals surface area contributed by atoms with Crippen LogP contribution >= 0.6 is 0 Å². The molecule has 0 bridgehead atoms. The number of aliphatic hydroxyl groups excluding tert-OH is 3. The third-order valence-electron chi connectivity index (χ3n) is 6.30. The number of nitrogens with zero attached hydrogens (tertiary/aromatic N) is 3. The standard InChI is InChI=1S/C23H32N4O5/c1-4-18-20(28)21(29)19(23(31)32-18)25-22(30)17(13-24)14(2)15-5-7-16(8-6-15)27-11-9-26(3)10-12-27/h5-8,18-21,23,28-29,31H,4,9-12H2,1-3H3,(H,25,30)/b17-14+/t18-,19-,20-,21-,23?/m1/s1. The van der Waals surface area contributed by atoms with Crippen LogP contribution in [0.5, 0.6) is 0 Å². The van der Waals surface area contributed by atoms with E-state index in [1.807, 2.05) is 30.3 Å². The van der Waals surface area contributed by atoms with Crippen LogP contribution in [0, 0.1) is 11.3 Å². The van der Waals surface area contributed by atoms with E-state index in [-0.39, 0.29) is 5.57 Å². The van der Waals surface area contributed by atoms with Crippen LogP contribution in [0.2, 0.25) is 0 Å². The summed E-state index contributed by atoms with van der Waals surface area (Å²) >= 11 is 0. The van der Waals surface area contributed by atoms with Gasteiger partial charge in [0.1, 0.15) is 29.9 Å². The lowest BCUT2D eigenvalue weighted by Gasteiger charge is -2.40. The van der Waals surface area contributed by atoms with Gasteiger partial charge < -0.3 is 35.2 Å². The largest absolute Gasteiger partial charge is 0.388 e. The number of nitrogens with one attached hydrogen (secondary N) is 1. The molecule has 2 fully saturated rings. The Hall–Kier alpha value is -2.48. The Labute approximate surface area is 188 Å². The van der Waals surface area contributed by atoms with Crippen molar-refractivity contribution in [1.29, 1.82) is 5.26 Å². The number of hydrogen-bond donors (Lipinski definition) is 4. The molecule has 0 aromatic heterocycles. The van der Waals surface area contributed by atoms with Gasteiger partial charge in [0.05, 0.1) is 6.10 Å². The molecule has 32 heavy (non-hydrogen) atoms. The van der Waals surface area contributed by atoms with Crippen molar-refractivity contribution in [2.24, 2.45) is 0 Å². The molecule has 0 aliphatic carbocycles. The van der Waals surface area contributed by atoms with Gasteiger partial charge in [-0.15, -0.1) is 0 Å². The van der Waals surface area contributed by atoms with Crippen molar-refractivity contribution < 1.29 is 24.9 Å². The summed E-state index contributed by atoms with van der Waals surface area (Å²) < 4.78 is 5.29. The maximum Gasteiger partial charge on any atom is 0.262 e. The lowest BCUT2D eigenvalue weighted by atomic mass is 9.94. The summed E-state index contributed by atoms with van der Waals surface area (Å²) in [5.74, 6) is -0.748. The van der Waals surface area contributed by atoms with Gasteiger partial charge in [-0.3, -0.25) is 4.79 Å². The number of allylic oxidation sites excluding steroid dienone is 1. The second-order valence-corrected chi connectivity index (χ2v) is 8.40. The van der Waals surface area contributed by atoms with Gasteiger partial charge in [-0.1, -0.05) is 19.1 Å². The smallest absolute Gasteiger partial charge is 0.262 e. The SMILES string of the molecule is CC[C@H]1OC(O)[C@H](NC(=O)/C(C#N)=C(\C)c2ccc(N3CCN(C)CC3)cc2)[C@@H](O)[C@@H]1O. The van der Waals surface area contributed by atoms with Crippen LogP contribution in [0.15, 0.2) is 29.8 Å². The minimum Gasteiger partial charge on any atom is -0.388 e. The molecule has 0 radical (unpaired) electrons. The highest BCUT2D eigenvalue weighted by atomic mass is 16.6. The van der Waals surface area contributed by atoms with Crippen LogP contribution in [0.4, 0.5) is 5.69 Å². The maximum atomic E-state index is 12.8. The first-order chi connectivity index (χ1) is 15.3. The van der Waals surface area contributed by atoms with E-state index >= 15 is 0 Å². The summed E-state index contributed by atoms with van der Waals surface area (Å²) in [6, 6.07) is 8.35. The van der Waals surface area contributed by atoms with Gasteiger partial charge in [0.25, 0.3) is 5.91 Å². The molecule has 174 valence electrons. The molecular weight excluding hydrogens is 412 g/mol. The lowest BCUT2D eigenvalue weighted by molar-refractivity contribution is -0.247. The Morgan fingerprint density at radius 3 is 2.34 bits per heavy atom. The highest BCUT2D eigenvalue weighted by molar-refractivity contribution is 6.04. The van der Waals surface area contributed by atoms with E-state index in [1.54, 1.807) is 13.8 Å². The number of ether oxygens (including phenoxy) is 1. The summed E-state index contributed by atoms with van der Waals surface area (Å²) in [6.07, 6.45) is -4.52. The molecule has 5 atom stereocenters. The Bertz CT molecular complexity index is 873. The third kappa shape index (κ3) is 5.11. The number of likely N-dealkylation sites (N-methyl/N-ethyl adjacent to an activating group) is 1. The molecule has 0 saturated carbocycles. The van der Waals surface area contributed by atoms with E-state index in [2.05, 4.69) is 22.2 Å². The first-order valence-corrected chi connectivity index (χ1v) is 10.9. The number of amides is 1. The second kappa shape index (κ2) is 10.4. The van der Waals surface area contributed by atoms with Crippen LogP contribution in [-0.4, -0.2) is 90.0 Å². The zero-order valence-corrected chi connectivity index (χ0v) is 18.7. The van der Waals surface area contributed by atoms with Crippen LogP contribution < -0.4 is 10.2 Å². The summed E-state index contributed by atoms with van der Waals surface area (Å²) in [7, 11) is 2.10. The second-order valence-electron chi connectivity index (χ2n) is 8.40. The number of rotatable bonds is 5. The fraction of sp³-hybridized carbons (Fsp3) is 0.565. The molecule has 4 N–H and O–H groups in total. The number of piperazine rings is 1. The molecule has 9 heteroatoms. The average Bonchev–Trinajstić information content (AvgIpc) is 2.80. The average molecular weight is 445 g/mol. The fourth-order valence-electron chi connectivity index (χ4n) is 4.10. The van der Waals surface area contributed by atoms with Crippen molar-refractivity contribution in [3.8, 4) is 6.07 Å². The molecule has 0 spiro atoms. The predicted octanol–water partition coefficient (Wildman–Crippen LogP) is 0.0693. The molecule has 1 aromatic rings. The van der Waals surface area contributed by atoms with E-state index in [1.165, 1.54) is 0 Å². The van der Waals surface area contributed by atoms with Gasteiger partial charge in [0.2, 0.25) is 0 Å². The molecule has 1 unspecified atom stereocenters. The third-order valence-corrected chi connectivity index (χ3v) is 6.30. The molecule has 2 saturated heterocycles. The monoisotopic (exact) mass is 444 g/mol. The van der Waals surface area contributed by atoms with Gasteiger partial charge in [-0.25, -0.2) is 0 Å². The summed E-state index contributed by atoms with van der Waals surface area (Å²) in [5.41, 5.74) is 2.15. The van der Waals surface area contributed by atoms with Crippen LogP contribution in [0.25, 0.3) is 5.57 Å². The molecule has 2 aliphatic rings. The van der Waals surface area contributed by atoms with Gasteiger partial charge in [0, 0.05) is 31.9 Å². The number of anilines is 1. The predicted molar refractivity (Wildman–Crippen MR) is 119 cm³/mol. The van der Waals surface area contributed by atoms with Gasteiger partial charge >= 0.3 is 0 Å². The number of carbonyl (C=O) groups excluding carboxylic acids is 1. The zero-order chi connectivity index (χ0) is 23.4. The van der Waals surface area contributed by atoms with Crippen LogP contribution in [0.3, 0.4) is 0 Å². The molecule has 2 heterocycles. The van der Waals surface area contributed by atoms with Gasteiger partial charge in [0.15, 0.2) is 6.29 Å². The number of benzene rings is 1. The Morgan fingerprint density at radius 2 is 1.78 bits per heavy atom. The molecule has 3 rings (SSSR count). The topological polar surface area (TPSA) is 129 Å².